The first-order valence-electron chi connectivity index (χ1n) is 24.6. The van der Waals surface area contributed by atoms with E-state index in [4.69, 9.17) is 4.74 Å². The SMILES string of the molecule is CCCCCCCCC/C=C/C=C/CCCC(CC(=O)NC(CO)C(O)CCCCCCCCCCCCCCC)OC(=O)CCCCCCCCCCCC. The van der Waals surface area contributed by atoms with Crippen LogP contribution in [0.2, 0.25) is 0 Å². The molecule has 6 heteroatoms. The average molecular weight is 790 g/mol. The highest BCUT2D eigenvalue weighted by Gasteiger charge is 2.24. The van der Waals surface area contributed by atoms with E-state index in [-0.39, 0.29) is 24.9 Å². The molecule has 3 atom stereocenters. The minimum atomic E-state index is -0.794. The fourth-order valence-electron chi connectivity index (χ4n) is 7.54. The smallest absolute Gasteiger partial charge is 0.306 e. The van der Waals surface area contributed by atoms with Gasteiger partial charge < -0.3 is 20.3 Å². The summed E-state index contributed by atoms with van der Waals surface area (Å²) >= 11 is 0. The van der Waals surface area contributed by atoms with E-state index in [1.54, 1.807) is 0 Å². The zero-order chi connectivity index (χ0) is 41.0. The van der Waals surface area contributed by atoms with Gasteiger partial charge in [0, 0.05) is 6.42 Å². The summed E-state index contributed by atoms with van der Waals surface area (Å²) in [5, 5.41) is 23.7. The maximum Gasteiger partial charge on any atom is 0.306 e. The Labute approximate surface area is 348 Å². The minimum Gasteiger partial charge on any atom is -0.462 e. The molecular formula is C50H95NO5. The fourth-order valence-corrected chi connectivity index (χ4v) is 7.54. The summed E-state index contributed by atoms with van der Waals surface area (Å²) in [7, 11) is 0. The van der Waals surface area contributed by atoms with E-state index in [1.165, 1.54) is 154 Å². The molecule has 0 heterocycles. The predicted molar refractivity (Wildman–Crippen MR) is 241 cm³/mol. The van der Waals surface area contributed by atoms with Crippen molar-refractivity contribution in [1.82, 2.24) is 5.32 Å². The first-order chi connectivity index (χ1) is 27.5. The Balaban J connectivity index is 4.61. The minimum absolute atomic E-state index is 0.0494. The normalized spacial score (nSPS) is 13.4. The summed E-state index contributed by atoms with van der Waals surface area (Å²) in [6.45, 7) is 6.46. The van der Waals surface area contributed by atoms with Crippen LogP contribution >= 0.6 is 0 Å². The van der Waals surface area contributed by atoms with Crippen LogP contribution in [0.1, 0.15) is 258 Å². The van der Waals surface area contributed by atoms with Gasteiger partial charge in [0.05, 0.1) is 25.2 Å². The number of rotatable bonds is 44. The second kappa shape index (κ2) is 44.4. The number of carbonyl (C=O) groups is 2. The number of ether oxygens (including phenoxy) is 1. The number of unbranched alkanes of at least 4 members (excludes halogenated alkanes) is 29. The van der Waals surface area contributed by atoms with Gasteiger partial charge in [0.25, 0.3) is 0 Å². The van der Waals surface area contributed by atoms with Crippen molar-refractivity contribution in [2.75, 3.05) is 6.61 Å². The number of amides is 1. The third-order valence-corrected chi connectivity index (χ3v) is 11.3. The van der Waals surface area contributed by atoms with E-state index in [0.29, 0.717) is 19.3 Å². The lowest BCUT2D eigenvalue weighted by atomic mass is 10.0. The van der Waals surface area contributed by atoms with E-state index in [9.17, 15) is 19.8 Å². The molecule has 330 valence electrons. The molecule has 0 rings (SSSR count). The van der Waals surface area contributed by atoms with E-state index < -0.39 is 18.2 Å². The quantitative estimate of drug-likeness (QED) is 0.0324. The van der Waals surface area contributed by atoms with Gasteiger partial charge in [-0.1, -0.05) is 225 Å². The Morgan fingerprint density at radius 3 is 1.36 bits per heavy atom. The van der Waals surface area contributed by atoms with Gasteiger partial charge in [0.1, 0.15) is 6.10 Å². The first kappa shape index (κ1) is 54.3. The largest absolute Gasteiger partial charge is 0.462 e. The average Bonchev–Trinajstić information content (AvgIpc) is 3.19. The Morgan fingerprint density at radius 1 is 0.518 bits per heavy atom. The van der Waals surface area contributed by atoms with Gasteiger partial charge in [-0.2, -0.15) is 0 Å². The molecule has 0 aromatic rings. The molecule has 56 heavy (non-hydrogen) atoms. The van der Waals surface area contributed by atoms with Crippen molar-refractivity contribution in [3.8, 4) is 0 Å². The van der Waals surface area contributed by atoms with Crippen LogP contribution in [0.25, 0.3) is 0 Å². The molecule has 3 N–H and O–H groups in total. The molecule has 0 radical (unpaired) electrons. The number of nitrogens with one attached hydrogen (secondary N) is 1. The number of allylic oxidation sites excluding steroid dienone is 4. The maximum absolute atomic E-state index is 13.1. The highest BCUT2D eigenvalue weighted by atomic mass is 16.5. The molecule has 0 aromatic heterocycles. The third kappa shape index (κ3) is 39.2. The van der Waals surface area contributed by atoms with Crippen molar-refractivity contribution >= 4 is 11.9 Å². The molecular weight excluding hydrogens is 695 g/mol. The molecule has 0 aliphatic carbocycles. The number of aliphatic hydroxyl groups excluding tert-OH is 2. The Hall–Kier alpha value is -1.66. The molecule has 0 aliphatic heterocycles. The van der Waals surface area contributed by atoms with Crippen LogP contribution in [0.15, 0.2) is 24.3 Å². The zero-order valence-electron chi connectivity index (χ0n) is 37.5. The number of hydrogen-bond donors (Lipinski definition) is 3. The lowest BCUT2D eigenvalue weighted by Gasteiger charge is -2.24. The lowest BCUT2D eigenvalue weighted by molar-refractivity contribution is -0.151. The van der Waals surface area contributed by atoms with Gasteiger partial charge in [-0.15, -0.1) is 0 Å². The second-order valence-electron chi connectivity index (χ2n) is 16.9. The molecule has 0 fully saturated rings. The fraction of sp³-hybridized carbons (Fsp3) is 0.880. The van der Waals surface area contributed by atoms with Crippen LogP contribution < -0.4 is 5.32 Å². The van der Waals surface area contributed by atoms with Crippen molar-refractivity contribution in [2.24, 2.45) is 0 Å². The van der Waals surface area contributed by atoms with Crippen molar-refractivity contribution in [3.05, 3.63) is 24.3 Å². The second-order valence-corrected chi connectivity index (χ2v) is 16.9. The van der Waals surface area contributed by atoms with Crippen LogP contribution in [-0.4, -0.2) is 46.9 Å². The van der Waals surface area contributed by atoms with Crippen LogP contribution in [0.4, 0.5) is 0 Å². The predicted octanol–water partition coefficient (Wildman–Crippen LogP) is 14.3. The summed E-state index contributed by atoms with van der Waals surface area (Å²) in [4.78, 5) is 26.0. The van der Waals surface area contributed by atoms with Crippen molar-refractivity contribution < 1.29 is 24.5 Å². The van der Waals surface area contributed by atoms with Gasteiger partial charge in [0.15, 0.2) is 0 Å². The highest BCUT2D eigenvalue weighted by molar-refractivity contribution is 5.77. The number of carbonyl (C=O) groups excluding carboxylic acids is 2. The van der Waals surface area contributed by atoms with E-state index in [0.717, 1.165) is 57.8 Å². The van der Waals surface area contributed by atoms with Crippen LogP contribution in [0.5, 0.6) is 0 Å². The van der Waals surface area contributed by atoms with Crippen molar-refractivity contribution in [2.45, 2.75) is 277 Å². The number of aliphatic hydroxyl groups is 2. The third-order valence-electron chi connectivity index (χ3n) is 11.3. The maximum atomic E-state index is 13.1. The van der Waals surface area contributed by atoms with Gasteiger partial charge in [-0.3, -0.25) is 9.59 Å². The molecule has 0 bridgehead atoms. The van der Waals surface area contributed by atoms with E-state index in [1.807, 2.05) is 0 Å². The van der Waals surface area contributed by atoms with Gasteiger partial charge in [0.2, 0.25) is 5.91 Å². The van der Waals surface area contributed by atoms with E-state index >= 15 is 0 Å². The van der Waals surface area contributed by atoms with Crippen LogP contribution in [0.3, 0.4) is 0 Å². The summed E-state index contributed by atoms with van der Waals surface area (Å²) < 4.78 is 5.88. The van der Waals surface area contributed by atoms with Gasteiger partial charge in [-0.25, -0.2) is 0 Å². The van der Waals surface area contributed by atoms with Crippen molar-refractivity contribution in [1.29, 1.82) is 0 Å². The Morgan fingerprint density at radius 2 is 0.911 bits per heavy atom. The number of hydrogen-bond acceptors (Lipinski definition) is 5. The van der Waals surface area contributed by atoms with E-state index in [2.05, 4.69) is 50.4 Å². The molecule has 6 nitrogen and oxygen atoms in total. The van der Waals surface area contributed by atoms with Gasteiger partial charge in [-0.05, 0) is 44.9 Å². The monoisotopic (exact) mass is 790 g/mol. The lowest BCUT2D eigenvalue weighted by Crippen LogP contribution is -2.46. The molecule has 3 unspecified atom stereocenters. The summed E-state index contributed by atoms with van der Waals surface area (Å²) in [5.74, 6) is -0.513. The molecule has 0 saturated heterocycles. The topological polar surface area (TPSA) is 95.9 Å². The molecule has 0 aromatic carbocycles. The first-order valence-corrected chi connectivity index (χ1v) is 24.6. The Bertz CT molecular complexity index is 889. The van der Waals surface area contributed by atoms with Crippen molar-refractivity contribution in [3.63, 3.8) is 0 Å². The molecule has 1 amide bonds. The molecule has 0 spiro atoms. The van der Waals surface area contributed by atoms with Crippen LogP contribution in [0, 0.1) is 0 Å². The zero-order valence-corrected chi connectivity index (χ0v) is 37.5. The highest BCUT2D eigenvalue weighted by Crippen LogP contribution is 2.17. The summed E-state index contributed by atoms with van der Waals surface area (Å²) in [5.41, 5.74) is 0. The summed E-state index contributed by atoms with van der Waals surface area (Å²) in [6.07, 6.45) is 49.5. The standard InChI is InChI=1S/C50H95NO5/c1-4-7-10-13-16-19-22-24-26-27-29-32-35-38-41-46(56-50(55)43-40-37-34-31-21-18-15-12-9-6-3)44-49(54)51-47(45-52)48(53)42-39-36-33-30-28-25-23-20-17-14-11-8-5-2/h26-27,29,32,46-48,52-53H,4-25,28,30-31,33-45H2,1-3H3,(H,51,54)/b27-26+,32-29+. The number of esters is 1. The molecule has 0 aliphatic rings. The van der Waals surface area contributed by atoms with Crippen LogP contribution in [-0.2, 0) is 14.3 Å². The summed E-state index contributed by atoms with van der Waals surface area (Å²) in [6, 6.07) is -0.710. The Kier molecular flexibility index (Phi) is 43.1. The molecule has 0 saturated carbocycles. The van der Waals surface area contributed by atoms with Gasteiger partial charge >= 0.3 is 5.97 Å².